The highest BCUT2D eigenvalue weighted by Gasteiger charge is 2.21. The van der Waals surface area contributed by atoms with Crippen LogP contribution >= 0.6 is 0 Å². The Balaban J connectivity index is 1.52. The highest BCUT2D eigenvalue weighted by atomic mass is 16.4. The second-order valence-electron chi connectivity index (χ2n) is 5.25. The number of para-hydroxylation sites is 1. The van der Waals surface area contributed by atoms with E-state index in [0.717, 1.165) is 23.7 Å². The lowest BCUT2D eigenvalue weighted by Gasteiger charge is -1.98. The predicted molar refractivity (Wildman–Crippen MR) is 78.1 cm³/mol. The van der Waals surface area contributed by atoms with E-state index in [9.17, 15) is 0 Å². The van der Waals surface area contributed by atoms with Crippen LogP contribution in [0.25, 0.3) is 17.1 Å². The van der Waals surface area contributed by atoms with Crippen LogP contribution in [0.1, 0.15) is 12.8 Å². The van der Waals surface area contributed by atoms with Crippen LogP contribution < -0.4 is 5.32 Å². The molecule has 6 nitrogen and oxygen atoms in total. The van der Waals surface area contributed by atoms with Gasteiger partial charge in [-0.25, -0.2) is 4.68 Å². The van der Waals surface area contributed by atoms with Crippen LogP contribution in [-0.4, -0.2) is 26.5 Å². The summed E-state index contributed by atoms with van der Waals surface area (Å²) in [6.07, 6.45) is 6.19. The van der Waals surface area contributed by atoms with Gasteiger partial charge in [-0.2, -0.15) is 5.10 Å². The molecule has 0 amide bonds. The van der Waals surface area contributed by atoms with Crippen molar-refractivity contribution in [3.63, 3.8) is 0 Å². The Labute approximate surface area is 121 Å². The van der Waals surface area contributed by atoms with Crippen molar-refractivity contribution in [2.75, 3.05) is 11.9 Å². The zero-order valence-electron chi connectivity index (χ0n) is 11.4. The number of hydrogen-bond acceptors (Lipinski definition) is 5. The Bertz CT molecular complexity index is 729. The molecule has 1 aliphatic rings. The fourth-order valence-electron chi connectivity index (χ4n) is 2.12. The number of nitrogens with zero attached hydrogens (tertiary/aromatic N) is 4. The second-order valence-corrected chi connectivity index (χ2v) is 5.25. The molecule has 1 aromatic carbocycles. The van der Waals surface area contributed by atoms with Crippen molar-refractivity contribution in [3.05, 3.63) is 42.7 Å². The van der Waals surface area contributed by atoms with Gasteiger partial charge in [0.1, 0.15) is 0 Å². The molecule has 2 heterocycles. The van der Waals surface area contributed by atoms with E-state index in [1.54, 1.807) is 10.9 Å². The maximum absolute atomic E-state index is 5.61. The van der Waals surface area contributed by atoms with E-state index in [4.69, 9.17) is 4.42 Å². The number of benzene rings is 1. The van der Waals surface area contributed by atoms with Crippen LogP contribution in [0.15, 0.2) is 47.1 Å². The molecule has 0 aliphatic heterocycles. The molecule has 0 radical (unpaired) electrons. The summed E-state index contributed by atoms with van der Waals surface area (Å²) < 4.78 is 7.40. The van der Waals surface area contributed by atoms with Gasteiger partial charge in [-0.3, -0.25) is 0 Å². The van der Waals surface area contributed by atoms with Crippen molar-refractivity contribution in [2.24, 2.45) is 5.92 Å². The Hall–Kier alpha value is -2.63. The third-order valence-electron chi connectivity index (χ3n) is 3.51. The fraction of sp³-hybridized carbons (Fsp3) is 0.267. The molecule has 1 fully saturated rings. The maximum atomic E-state index is 5.61. The molecule has 0 saturated heterocycles. The maximum Gasteiger partial charge on any atom is 0.315 e. The summed E-state index contributed by atoms with van der Waals surface area (Å²) in [5.74, 6) is 1.25. The first-order chi connectivity index (χ1) is 10.4. The van der Waals surface area contributed by atoms with Crippen molar-refractivity contribution < 1.29 is 4.42 Å². The molecule has 4 rings (SSSR count). The molecule has 3 aromatic rings. The van der Waals surface area contributed by atoms with Gasteiger partial charge >= 0.3 is 6.01 Å². The van der Waals surface area contributed by atoms with Crippen LogP contribution in [0.5, 0.6) is 0 Å². The van der Waals surface area contributed by atoms with Gasteiger partial charge in [-0.05, 0) is 30.9 Å². The minimum atomic E-state index is 0.476. The first-order valence-corrected chi connectivity index (χ1v) is 7.06. The van der Waals surface area contributed by atoms with Gasteiger partial charge in [0, 0.05) is 12.7 Å². The van der Waals surface area contributed by atoms with Gasteiger partial charge in [0.05, 0.1) is 17.4 Å². The molecule has 106 valence electrons. The van der Waals surface area contributed by atoms with Crippen LogP contribution in [0, 0.1) is 5.92 Å². The molecule has 0 unspecified atom stereocenters. The van der Waals surface area contributed by atoms with Gasteiger partial charge in [0.25, 0.3) is 5.89 Å². The van der Waals surface area contributed by atoms with E-state index in [1.807, 2.05) is 36.5 Å². The first kappa shape index (κ1) is 12.1. The third kappa shape index (κ3) is 2.65. The number of hydrogen-bond donors (Lipinski definition) is 1. The monoisotopic (exact) mass is 281 g/mol. The summed E-state index contributed by atoms with van der Waals surface area (Å²) in [4.78, 5) is 0. The van der Waals surface area contributed by atoms with Crippen molar-refractivity contribution >= 4 is 6.01 Å². The zero-order valence-corrected chi connectivity index (χ0v) is 11.4. The summed E-state index contributed by atoms with van der Waals surface area (Å²) in [6, 6.07) is 10.4. The normalized spacial score (nSPS) is 14.3. The second kappa shape index (κ2) is 5.05. The lowest BCUT2D eigenvalue weighted by atomic mass is 10.3. The van der Waals surface area contributed by atoms with Crippen LogP contribution in [0.4, 0.5) is 6.01 Å². The zero-order chi connectivity index (χ0) is 14.1. The Kier molecular flexibility index (Phi) is 2.92. The average molecular weight is 281 g/mol. The van der Waals surface area contributed by atoms with E-state index in [1.165, 1.54) is 12.8 Å². The number of anilines is 1. The van der Waals surface area contributed by atoms with Crippen molar-refractivity contribution in [2.45, 2.75) is 12.8 Å². The SMILES string of the molecule is c1ccc(-n2cc(-c3nnc(NCC4CC4)o3)cn2)cc1. The summed E-state index contributed by atoms with van der Waals surface area (Å²) in [5.41, 5.74) is 1.81. The van der Waals surface area contributed by atoms with Crippen LogP contribution in [0.3, 0.4) is 0 Å². The highest BCUT2D eigenvalue weighted by Crippen LogP contribution is 2.29. The van der Waals surface area contributed by atoms with Crippen molar-refractivity contribution in [3.8, 4) is 17.1 Å². The van der Waals surface area contributed by atoms with E-state index in [2.05, 4.69) is 20.6 Å². The number of rotatable bonds is 5. The van der Waals surface area contributed by atoms with E-state index >= 15 is 0 Å². The summed E-state index contributed by atoms with van der Waals surface area (Å²) in [6.45, 7) is 0.908. The largest absolute Gasteiger partial charge is 0.403 e. The molecule has 6 heteroatoms. The molecular weight excluding hydrogens is 266 g/mol. The van der Waals surface area contributed by atoms with Crippen LogP contribution in [-0.2, 0) is 0 Å². The smallest absolute Gasteiger partial charge is 0.315 e. The lowest BCUT2D eigenvalue weighted by molar-refractivity contribution is 0.578. The first-order valence-electron chi connectivity index (χ1n) is 7.06. The fourth-order valence-corrected chi connectivity index (χ4v) is 2.12. The van der Waals surface area contributed by atoms with Gasteiger partial charge in [0.15, 0.2) is 0 Å². The molecule has 1 aliphatic carbocycles. The minimum Gasteiger partial charge on any atom is -0.403 e. The summed E-state index contributed by atoms with van der Waals surface area (Å²) >= 11 is 0. The van der Waals surface area contributed by atoms with Gasteiger partial charge < -0.3 is 9.73 Å². The van der Waals surface area contributed by atoms with E-state index in [-0.39, 0.29) is 0 Å². The van der Waals surface area contributed by atoms with Crippen molar-refractivity contribution in [1.29, 1.82) is 0 Å². The molecule has 21 heavy (non-hydrogen) atoms. The molecule has 0 atom stereocenters. The predicted octanol–water partition coefficient (Wildman–Crippen LogP) is 2.74. The third-order valence-corrected chi connectivity index (χ3v) is 3.51. The molecule has 1 N–H and O–H groups in total. The molecule has 1 saturated carbocycles. The number of aromatic nitrogens is 4. The Morgan fingerprint density at radius 2 is 2.05 bits per heavy atom. The minimum absolute atomic E-state index is 0.476. The molecule has 2 aromatic heterocycles. The van der Waals surface area contributed by atoms with Gasteiger partial charge in [-0.1, -0.05) is 23.3 Å². The average Bonchev–Trinajstić information content (AvgIpc) is 3.03. The summed E-state index contributed by atoms with van der Waals surface area (Å²) in [7, 11) is 0. The van der Waals surface area contributed by atoms with Crippen LogP contribution in [0.2, 0.25) is 0 Å². The number of nitrogens with one attached hydrogen (secondary N) is 1. The van der Waals surface area contributed by atoms with Crippen molar-refractivity contribution in [1.82, 2.24) is 20.0 Å². The summed E-state index contributed by atoms with van der Waals surface area (Å²) in [5, 5.41) is 15.6. The Morgan fingerprint density at radius 1 is 1.19 bits per heavy atom. The highest BCUT2D eigenvalue weighted by molar-refractivity contribution is 5.52. The van der Waals surface area contributed by atoms with E-state index < -0.39 is 0 Å². The van der Waals surface area contributed by atoms with Gasteiger partial charge in [-0.15, -0.1) is 5.10 Å². The topological polar surface area (TPSA) is 68.8 Å². The molecule has 0 bridgehead atoms. The molecule has 0 spiro atoms. The van der Waals surface area contributed by atoms with Gasteiger partial charge in [0.2, 0.25) is 0 Å². The quantitative estimate of drug-likeness (QED) is 0.778. The molecular formula is C15H15N5O. The van der Waals surface area contributed by atoms with E-state index in [0.29, 0.717) is 11.9 Å². The standard InChI is InChI=1S/C15H15N5O/c1-2-4-13(5-3-1)20-10-12(9-17-20)14-18-19-15(21-14)16-8-11-6-7-11/h1-5,9-11H,6-8H2,(H,16,19). The Morgan fingerprint density at radius 3 is 2.86 bits per heavy atom. The lowest BCUT2D eigenvalue weighted by Crippen LogP contribution is -2.02.